The van der Waals surface area contributed by atoms with Crippen LogP contribution < -0.4 is 0 Å². The number of ketones is 1. The molecule has 2 atom stereocenters. The van der Waals surface area contributed by atoms with E-state index in [0.717, 1.165) is 11.1 Å². The Hall–Kier alpha value is -2.08. The molecule has 4 rings (SSSR count). The van der Waals surface area contributed by atoms with E-state index in [1.165, 1.54) is 15.6 Å². The minimum absolute atomic E-state index is 0.138. The van der Waals surface area contributed by atoms with Gasteiger partial charge >= 0.3 is 0 Å². The maximum Gasteiger partial charge on any atom is 0.248 e. The van der Waals surface area contributed by atoms with Gasteiger partial charge in [-0.15, -0.1) is 0 Å². The summed E-state index contributed by atoms with van der Waals surface area (Å²) in [6.45, 7) is 0. The van der Waals surface area contributed by atoms with E-state index in [0.29, 0.717) is 10.6 Å². The summed E-state index contributed by atoms with van der Waals surface area (Å²) in [4.78, 5) is 26.6. The Kier molecular flexibility index (Phi) is 4.84. The van der Waals surface area contributed by atoms with Gasteiger partial charge < -0.3 is 0 Å². The van der Waals surface area contributed by atoms with Crippen molar-refractivity contribution in [3.8, 4) is 0 Å². The number of carbonyl (C=O) groups excluding carboxylic acids is 2. The van der Waals surface area contributed by atoms with Crippen molar-refractivity contribution in [2.75, 3.05) is 0 Å². The lowest BCUT2D eigenvalue weighted by molar-refractivity contribution is -0.142. The van der Waals surface area contributed by atoms with Gasteiger partial charge in [0.15, 0.2) is 5.78 Å². The lowest BCUT2D eigenvalue weighted by Crippen LogP contribution is -2.54. The Morgan fingerprint density at radius 1 is 1.00 bits per heavy atom. The minimum atomic E-state index is -0.938. The fourth-order valence-corrected chi connectivity index (χ4v) is 5.11. The van der Waals surface area contributed by atoms with Crippen LogP contribution in [0.15, 0.2) is 71.4 Å². The smallest absolute Gasteiger partial charge is 0.248 e. The van der Waals surface area contributed by atoms with Crippen molar-refractivity contribution in [1.82, 2.24) is 4.31 Å². The van der Waals surface area contributed by atoms with Crippen molar-refractivity contribution >= 4 is 47.4 Å². The van der Waals surface area contributed by atoms with Gasteiger partial charge in [0, 0.05) is 11.4 Å². The van der Waals surface area contributed by atoms with E-state index in [9.17, 15) is 9.59 Å². The SMILES string of the molecule is O=C1CC(c2ccccc2)(c2ccsc2)N(S)C(=O)C1c1ccccc1Cl. The largest absolute Gasteiger partial charge is 0.298 e. The van der Waals surface area contributed by atoms with Gasteiger partial charge in [0.25, 0.3) is 0 Å². The number of nitrogens with zero attached hydrogens (tertiary/aromatic N) is 1. The van der Waals surface area contributed by atoms with Crippen LogP contribution in [-0.2, 0) is 15.1 Å². The third kappa shape index (κ3) is 2.90. The predicted molar refractivity (Wildman–Crippen MR) is 111 cm³/mol. The number of rotatable bonds is 3. The fraction of sp³-hybridized carbons (Fsp3) is 0.143. The molecule has 2 unspecified atom stereocenters. The number of Topliss-reactive ketones (excluding diaryl/α,β-unsaturated/α-hetero) is 1. The van der Waals surface area contributed by atoms with Crippen molar-refractivity contribution in [1.29, 1.82) is 0 Å². The molecule has 0 bridgehead atoms. The Balaban J connectivity index is 1.86. The average Bonchev–Trinajstić information content (AvgIpc) is 3.22. The van der Waals surface area contributed by atoms with Gasteiger partial charge in [0.05, 0.1) is 0 Å². The normalized spacial score (nSPS) is 22.9. The van der Waals surface area contributed by atoms with Gasteiger partial charge in [-0.05, 0) is 39.6 Å². The summed E-state index contributed by atoms with van der Waals surface area (Å²) >= 11 is 12.4. The molecule has 3 nitrogen and oxygen atoms in total. The molecule has 0 N–H and O–H groups in total. The topological polar surface area (TPSA) is 37.4 Å². The number of benzene rings is 2. The molecular formula is C21H16ClNO2S2. The molecule has 1 aliphatic rings. The molecule has 0 aliphatic carbocycles. The fourth-order valence-electron chi connectivity index (χ4n) is 3.72. The zero-order valence-corrected chi connectivity index (χ0v) is 16.7. The number of carbonyl (C=O) groups is 2. The number of amides is 1. The third-order valence-electron chi connectivity index (χ3n) is 5.04. The molecule has 0 radical (unpaired) electrons. The summed E-state index contributed by atoms with van der Waals surface area (Å²) in [5.74, 6) is -1.46. The van der Waals surface area contributed by atoms with Gasteiger partial charge in [0.2, 0.25) is 5.91 Å². The van der Waals surface area contributed by atoms with E-state index >= 15 is 0 Å². The first-order valence-corrected chi connectivity index (χ1v) is 10.2. The van der Waals surface area contributed by atoms with Crippen molar-refractivity contribution in [3.05, 3.63) is 93.1 Å². The van der Waals surface area contributed by atoms with Gasteiger partial charge in [0.1, 0.15) is 11.5 Å². The number of thiol groups is 1. The minimum Gasteiger partial charge on any atom is -0.298 e. The molecule has 0 saturated carbocycles. The van der Waals surface area contributed by atoms with E-state index in [2.05, 4.69) is 12.8 Å². The third-order valence-corrected chi connectivity index (χ3v) is 6.60. The van der Waals surface area contributed by atoms with Crippen molar-refractivity contribution in [2.45, 2.75) is 17.9 Å². The van der Waals surface area contributed by atoms with Crippen molar-refractivity contribution in [3.63, 3.8) is 0 Å². The Labute approximate surface area is 172 Å². The standard InChI is InChI=1S/C21H16ClNO2S2/c22-17-9-5-4-8-16(17)19-18(24)12-21(23(26)20(19)25,15-10-11-27-13-15)14-6-2-1-3-7-14/h1-11,13,19,26H,12H2. The zero-order chi connectivity index (χ0) is 19.0. The van der Waals surface area contributed by atoms with Crippen LogP contribution >= 0.6 is 35.8 Å². The van der Waals surface area contributed by atoms with E-state index in [1.54, 1.807) is 24.3 Å². The van der Waals surface area contributed by atoms with Crippen LogP contribution in [0.25, 0.3) is 0 Å². The molecule has 2 heterocycles. The lowest BCUT2D eigenvalue weighted by atomic mass is 9.73. The summed E-state index contributed by atoms with van der Waals surface area (Å²) in [5.41, 5.74) is 1.34. The first-order valence-electron chi connectivity index (χ1n) is 8.44. The first kappa shape index (κ1) is 18.3. The summed E-state index contributed by atoms with van der Waals surface area (Å²) in [7, 11) is 0. The second kappa shape index (κ2) is 7.15. The van der Waals surface area contributed by atoms with Gasteiger partial charge in [-0.25, -0.2) is 0 Å². The number of hydrogen-bond acceptors (Lipinski definition) is 4. The molecule has 1 fully saturated rings. The summed E-state index contributed by atoms with van der Waals surface area (Å²) in [6, 6.07) is 18.5. The van der Waals surface area contributed by atoms with Crippen LogP contribution in [0.2, 0.25) is 5.02 Å². The highest BCUT2D eigenvalue weighted by Gasteiger charge is 2.52. The quantitative estimate of drug-likeness (QED) is 0.480. The second-order valence-electron chi connectivity index (χ2n) is 6.49. The highest BCUT2D eigenvalue weighted by molar-refractivity contribution is 7.78. The molecule has 3 aromatic rings. The first-order chi connectivity index (χ1) is 13.1. The number of hydrogen-bond donors (Lipinski definition) is 1. The molecule has 0 spiro atoms. The maximum atomic E-state index is 13.3. The van der Waals surface area contributed by atoms with Crippen LogP contribution in [0.5, 0.6) is 0 Å². The molecule has 1 aromatic heterocycles. The van der Waals surface area contributed by atoms with Crippen molar-refractivity contribution in [2.24, 2.45) is 0 Å². The number of piperidine rings is 1. The summed E-state index contributed by atoms with van der Waals surface area (Å²) < 4.78 is 1.42. The molecule has 6 heteroatoms. The predicted octanol–water partition coefficient (Wildman–Crippen LogP) is 5.08. The number of halogens is 1. The number of thiophene rings is 1. The molecule has 1 saturated heterocycles. The highest BCUT2D eigenvalue weighted by Crippen LogP contribution is 2.48. The van der Waals surface area contributed by atoms with E-state index in [1.807, 2.05) is 47.2 Å². The van der Waals surface area contributed by atoms with E-state index < -0.39 is 11.5 Å². The van der Waals surface area contributed by atoms with E-state index in [-0.39, 0.29) is 18.1 Å². The van der Waals surface area contributed by atoms with Crippen LogP contribution in [0.1, 0.15) is 29.0 Å². The highest BCUT2D eigenvalue weighted by atomic mass is 35.5. The monoisotopic (exact) mass is 413 g/mol. The Morgan fingerprint density at radius 3 is 2.37 bits per heavy atom. The van der Waals surface area contributed by atoms with Crippen LogP contribution in [0.3, 0.4) is 0 Å². The Morgan fingerprint density at radius 2 is 1.70 bits per heavy atom. The van der Waals surface area contributed by atoms with Gasteiger partial charge in [-0.2, -0.15) is 11.3 Å². The molecular weight excluding hydrogens is 398 g/mol. The second-order valence-corrected chi connectivity index (χ2v) is 8.07. The van der Waals surface area contributed by atoms with Crippen LogP contribution in [0.4, 0.5) is 0 Å². The van der Waals surface area contributed by atoms with Crippen LogP contribution in [-0.4, -0.2) is 16.0 Å². The van der Waals surface area contributed by atoms with Crippen molar-refractivity contribution < 1.29 is 9.59 Å². The molecule has 1 aliphatic heterocycles. The zero-order valence-electron chi connectivity index (χ0n) is 14.2. The lowest BCUT2D eigenvalue weighted by Gasteiger charge is -2.46. The molecule has 2 aromatic carbocycles. The summed E-state index contributed by atoms with van der Waals surface area (Å²) in [5, 5.41) is 4.32. The van der Waals surface area contributed by atoms with Gasteiger partial charge in [-0.3, -0.25) is 13.9 Å². The average molecular weight is 414 g/mol. The molecule has 136 valence electrons. The Bertz CT molecular complexity index is 990. The van der Waals surface area contributed by atoms with E-state index in [4.69, 9.17) is 11.6 Å². The maximum absolute atomic E-state index is 13.3. The molecule has 27 heavy (non-hydrogen) atoms. The van der Waals surface area contributed by atoms with Gasteiger partial charge in [-0.1, -0.05) is 72.9 Å². The van der Waals surface area contributed by atoms with Crippen LogP contribution in [0, 0.1) is 0 Å². The summed E-state index contributed by atoms with van der Waals surface area (Å²) in [6.07, 6.45) is 0.138. The molecule has 1 amide bonds.